The molecule has 0 spiro atoms. The first-order chi connectivity index (χ1) is 15.0. The molecule has 0 fully saturated rings. The average Bonchev–Trinajstić information content (AvgIpc) is 2.76. The van der Waals surface area contributed by atoms with Crippen LogP contribution in [0, 0.1) is 29.1 Å². The second kappa shape index (κ2) is 7.20. The highest BCUT2D eigenvalue weighted by atomic mass is 19.2. The van der Waals surface area contributed by atoms with Crippen LogP contribution in [0.2, 0.25) is 0 Å². The van der Waals surface area contributed by atoms with E-state index in [1.807, 2.05) is 0 Å². The Morgan fingerprint density at radius 1 is 0.387 bits per heavy atom. The molecule has 31 heavy (non-hydrogen) atoms. The van der Waals surface area contributed by atoms with Crippen LogP contribution in [0.15, 0.2) is 78.9 Å². The zero-order chi connectivity index (χ0) is 21.7. The molecule has 0 aliphatic rings. The highest BCUT2D eigenvalue weighted by Crippen LogP contribution is 2.44. The van der Waals surface area contributed by atoms with E-state index in [4.69, 9.17) is 0 Å². The van der Waals surface area contributed by atoms with Gasteiger partial charge in [0.05, 0.1) is 0 Å². The SMILES string of the molecule is Fc1ccc(-c2c3ccccc3c(-c3ccc(F)c(F)c3)c3c(F)cccc23)cc1F. The molecular weight excluding hydrogens is 407 g/mol. The molecule has 5 aromatic rings. The van der Waals surface area contributed by atoms with Gasteiger partial charge in [-0.1, -0.05) is 48.5 Å². The van der Waals surface area contributed by atoms with Gasteiger partial charge < -0.3 is 0 Å². The number of benzene rings is 5. The standard InChI is InChI=1S/C26H13F5/c27-19-10-8-14(12-22(19)30)24-16-4-1-2-5-17(16)25(15-9-11-20(28)23(31)13-15)26-18(24)6-3-7-21(26)29/h1-13H. The van der Waals surface area contributed by atoms with Gasteiger partial charge >= 0.3 is 0 Å². The van der Waals surface area contributed by atoms with Crippen molar-refractivity contribution in [1.82, 2.24) is 0 Å². The van der Waals surface area contributed by atoms with Crippen LogP contribution < -0.4 is 0 Å². The zero-order valence-electron chi connectivity index (χ0n) is 15.9. The Labute approximate surface area is 174 Å². The van der Waals surface area contributed by atoms with E-state index < -0.39 is 29.1 Å². The summed E-state index contributed by atoms with van der Waals surface area (Å²) in [6, 6.07) is 18.4. The van der Waals surface area contributed by atoms with Crippen LogP contribution in [0.5, 0.6) is 0 Å². The van der Waals surface area contributed by atoms with E-state index in [2.05, 4.69) is 0 Å². The molecule has 0 bridgehead atoms. The predicted octanol–water partition coefficient (Wildman–Crippen LogP) is 8.02. The van der Waals surface area contributed by atoms with Crippen molar-refractivity contribution < 1.29 is 22.0 Å². The van der Waals surface area contributed by atoms with E-state index in [-0.39, 0.29) is 5.39 Å². The van der Waals surface area contributed by atoms with Gasteiger partial charge in [-0.25, -0.2) is 22.0 Å². The minimum absolute atomic E-state index is 0.187. The summed E-state index contributed by atoms with van der Waals surface area (Å²) in [6.45, 7) is 0. The largest absolute Gasteiger partial charge is 0.206 e. The first kappa shape index (κ1) is 19.2. The third-order valence-corrected chi connectivity index (χ3v) is 5.42. The smallest absolute Gasteiger partial charge is 0.159 e. The van der Waals surface area contributed by atoms with Crippen LogP contribution in [-0.4, -0.2) is 0 Å². The molecule has 0 amide bonds. The van der Waals surface area contributed by atoms with Crippen molar-refractivity contribution in [2.45, 2.75) is 0 Å². The zero-order valence-corrected chi connectivity index (χ0v) is 15.9. The van der Waals surface area contributed by atoms with E-state index in [9.17, 15) is 17.6 Å². The fourth-order valence-electron chi connectivity index (χ4n) is 4.10. The van der Waals surface area contributed by atoms with E-state index >= 15 is 4.39 Å². The lowest BCUT2D eigenvalue weighted by Crippen LogP contribution is -1.95. The van der Waals surface area contributed by atoms with E-state index in [1.54, 1.807) is 30.3 Å². The highest BCUT2D eigenvalue weighted by Gasteiger charge is 2.20. The number of halogens is 5. The molecule has 0 N–H and O–H groups in total. The average molecular weight is 420 g/mol. The Hall–Kier alpha value is -3.73. The maximum absolute atomic E-state index is 15.2. The molecule has 0 saturated carbocycles. The van der Waals surface area contributed by atoms with Gasteiger partial charge in [-0.3, -0.25) is 0 Å². The van der Waals surface area contributed by atoms with Gasteiger partial charge in [0.15, 0.2) is 23.3 Å². The Kier molecular flexibility index (Phi) is 4.47. The van der Waals surface area contributed by atoms with Crippen molar-refractivity contribution in [3.05, 3.63) is 108 Å². The van der Waals surface area contributed by atoms with Crippen molar-refractivity contribution in [1.29, 1.82) is 0 Å². The fraction of sp³-hybridized carbons (Fsp3) is 0. The lowest BCUT2D eigenvalue weighted by atomic mass is 9.85. The molecular formula is C26H13F5. The Bertz CT molecular complexity index is 1490. The molecule has 152 valence electrons. The summed E-state index contributed by atoms with van der Waals surface area (Å²) in [5.74, 6) is -4.61. The first-order valence-corrected chi connectivity index (χ1v) is 9.49. The number of hydrogen-bond acceptors (Lipinski definition) is 0. The topological polar surface area (TPSA) is 0 Å². The number of fused-ring (bicyclic) bond motifs is 2. The lowest BCUT2D eigenvalue weighted by molar-refractivity contribution is 0.509. The van der Waals surface area contributed by atoms with Crippen molar-refractivity contribution in [2.75, 3.05) is 0 Å². The quantitative estimate of drug-likeness (QED) is 0.200. The molecule has 0 nitrogen and oxygen atoms in total. The predicted molar refractivity (Wildman–Crippen MR) is 112 cm³/mol. The van der Waals surface area contributed by atoms with Crippen molar-refractivity contribution in [3.63, 3.8) is 0 Å². The summed E-state index contributed by atoms with van der Waals surface area (Å²) in [5, 5.41) is 1.86. The fourth-order valence-corrected chi connectivity index (χ4v) is 4.10. The van der Waals surface area contributed by atoms with Crippen LogP contribution in [0.1, 0.15) is 0 Å². The molecule has 0 saturated heterocycles. The Morgan fingerprint density at radius 3 is 1.48 bits per heavy atom. The normalized spacial score (nSPS) is 11.4. The second-order valence-electron chi connectivity index (χ2n) is 7.22. The third kappa shape index (κ3) is 3.05. The molecule has 0 unspecified atom stereocenters. The minimum atomic E-state index is -1.05. The van der Waals surface area contributed by atoms with Crippen LogP contribution in [0.25, 0.3) is 43.8 Å². The summed E-state index contributed by atoms with van der Waals surface area (Å²) in [7, 11) is 0. The van der Waals surface area contributed by atoms with Gasteiger partial charge in [0, 0.05) is 10.9 Å². The molecule has 5 aromatic carbocycles. The van der Waals surface area contributed by atoms with Crippen LogP contribution in [0.3, 0.4) is 0 Å². The summed E-state index contributed by atoms with van der Waals surface area (Å²) in [5.41, 5.74) is 1.61. The van der Waals surface area contributed by atoms with Crippen LogP contribution >= 0.6 is 0 Å². The van der Waals surface area contributed by atoms with Gasteiger partial charge in [-0.15, -0.1) is 0 Å². The number of hydrogen-bond donors (Lipinski definition) is 0. The molecule has 0 heterocycles. The Balaban J connectivity index is 2.00. The second-order valence-corrected chi connectivity index (χ2v) is 7.22. The third-order valence-electron chi connectivity index (χ3n) is 5.42. The molecule has 0 aliphatic carbocycles. The molecule has 5 rings (SSSR count). The van der Waals surface area contributed by atoms with Crippen molar-refractivity contribution >= 4 is 21.5 Å². The van der Waals surface area contributed by atoms with Gasteiger partial charge in [0.2, 0.25) is 0 Å². The summed E-state index contributed by atoms with van der Waals surface area (Å²) in [6.07, 6.45) is 0. The highest BCUT2D eigenvalue weighted by molar-refractivity contribution is 6.21. The van der Waals surface area contributed by atoms with E-state index in [1.165, 1.54) is 24.3 Å². The van der Waals surface area contributed by atoms with E-state index in [0.717, 1.165) is 24.3 Å². The van der Waals surface area contributed by atoms with Gasteiger partial charge in [-0.05, 0) is 63.2 Å². The van der Waals surface area contributed by atoms with E-state index in [0.29, 0.717) is 38.4 Å². The maximum Gasteiger partial charge on any atom is 0.159 e. The van der Waals surface area contributed by atoms with Crippen molar-refractivity contribution in [3.8, 4) is 22.3 Å². The summed E-state index contributed by atoms with van der Waals surface area (Å²) < 4.78 is 70.4. The lowest BCUT2D eigenvalue weighted by Gasteiger charge is -2.18. The molecule has 0 aliphatic heterocycles. The monoisotopic (exact) mass is 420 g/mol. The number of rotatable bonds is 2. The van der Waals surface area contributed by atoms with Gasteiger partial charge in [0.25, 0.3) is 0 Å². The van der Waals surface area contributed by atoms with Gasteiger partial charge in [-0.2, -0.15) is 0 Å². The summed E-state index contributed by atoms with van der Waals surface area (Å²) in [4.78, 5) is 0. The first-order valence-electron chi connectivity index (χ1n) is 9.49. The van der Waals surface area contributed by atoms with Crippen LogP contribution in [-0.2, 0) is 0 Å². The van der Waals surface area contributed by atoms with Crippen molar-refractivity contribution in [2.24, 2.45) is 0 Å². The Morgan fingerprint density at radius 2 is 0.903 bits per heavy atom. The molecule has 0 radical (unpaired) electrons. The summed E-state index contributed by atoms with van der Waals surface area (Å²) >= 11 is 0. The minimum Gasteiger partial charge on any atom is -0.206 e. The molecule has 5 heteroatoms. The molecule has 0 atom stereocenters. The molecule has 0 aromatic heterocycles. The maximum atomic E-state index is 15.2. The van der Waals surface area contributed by atoms with Crippen LogP contribution in [0.4, 0.5) is 22.0 Å². The van der Waals surface area contributed by atoms with Gasteiger partial charge in [0.1, 0.15) is 5.82 Å².